The van der Waals surface area contributed by atoms with Gasteiger partial charge in [0, 0.05) is 13.1 Å². The van der Waals surface area contributed by atoms with E-state index in [1.807, 2.05) is 24.3 Å². The van der Waals surface area contributed by atoms with E-state index in [4.69, 9.17) is 0 Å². The summed E-state index contributed by atoms with van der Waals surface area (Å²) in [6.45, 7) is 5.60. The molecule has 0 amide bonds. The van der Waals surface area contributed by atoms with Crippen molar-refractivity contribution in [3.63, 3.8) is 0 Å². The van der Waals surface area contributed by atoms with Crippen LogP contribution in [0.15, 0.2) is 33.9 Å². The van der Waals surface area contributed by atoms with Gasteiger partial charge in [0.05, 0.1) is 11.0 Å². The Labute approximate surface area is 144 Å². The number of unbranched alkanes of at least 4 members (excludes halogenated alkanes) is 6. The molecule has 0 aliphatic carbocycles. The van der Waals surface area contributed by atoms with Crippen LogP contribution in [0.4, 0.5) is 0 Å². The maximum absolute atomic E-state index is 12.6. The lowest BCUT2D eigenvalue weighted by atomic mass is 10.2. The molecule has 4 nitrogen and oxygen atoms in total. The predicted octanol–water partition coefficient (Wildman–Crippen LogP) is 4.32. The molecule has 0 bridgehead atoms. The van der Waals surface area contributed by atoms with Gasteiger partial charge in [-0.1, -0.05) is 64.5 Å². The number of para-hydroxylation sites is 2. The van der Waals surface area contributed by atoms with Crippen LogP contribution in [0.3, 0.4) is 0 Å². The maximum Gasteiger partial charge on any atom is 0.316 e. The van der Waals surface area contributed by atoms with E-state index in [1.165, 1.54) is 12.8 Å². The third kappa shape index (κ3) is 4.37. The minimum atomic E-state index is -0.374. The fraction of sp³-hybridized carbons (Fsp3) is 0.600. The highest BCUT2D eigenvalue weighted by Gasteiger charge is 2.12. The van der Waals surface area contributed by atoms with Crippen LogP contribution in [0.25, 0.3) is 11.0 Å². The third-order valence-corrected chi connectivity index (χ3v) is 4.61. The molecule has 0 spiro atoms. The van der Waals surface area contributed by atoms with Gasteiger partial charge in [-0.05, 0) is 25.0 Å². The molecule has 4 heteroatoms. The SMILES string of the molecule is CCCCCCn1c(=O)c(=O)n(CCCCCC)c2ccccc21. The average Bonchev–Trinajstić information content (AvgIpc) is 2.60. The molecule has 132 valence electrons. The first-order valence-electron chi connectivity index (χ1n) is 9.43. The van der Waals surface area contributed by atoms with Crippen molar-refractivity contribution < 1.29 is 0 Å². The van der Waals surface area contributed by atoms with E-state index in [9.17, 15) is 9.59 Å². The Hall–Kier alpha value is -1.84. The molecular weight excluding hydrogens is 300 g/mol. The van der Waals surface area contributed by atoms with E-state index in [2.05, 4.69) is 13.8 Å². The van der Waals surface area contributed by atoms with Crippen LogP contribution in [0.2, 0.25) is 0 Å². The number of aryl methyl sites for hydroxylation is 2. The average molecular weight is 330 g/mol. The van der Waals surface area contributed by atoms with Crippen molar-refractivity contribution >= 4 is 11.0 Å². The molecule has 0 N–H and O–H groups in total. The lowest BCUT2D eigenvalue weighted by Crippen LogP contribution is -2.41. The topological polar surface area (TPSA) is 44.0 Å². The summed E-state index contributed by atoms with van der Waals surface area (Å²) in [6, 6.07) is 7.80. The smallest absolute Gasteiger partial charge is 0.302 e. The number of benzene rings is 1. The lowest BCUT2D eigenvalue weighted by molar-refractivity contribution is 0.552. The van der Waals surface area contributed by atoms with E-state index >= 15 is 0 Å². The Kier molecular flexibility index (Phi) is 7.29. The van der Waals surface area contributed by atoms with Gasteiger partial charge in [0.15, 0.2) is 0 Å². The van der Waals surface area contributed by atoms with Crippen molar-refractivity contribution in [2.75, 3.05) is 0 Å². The summed E-state index contributed by atoms with van der Waals surface area (Å²) in [5, 5.41) is 0. The lowest BCUT2D eigenvalue weighted by Gasteiger charge is -2.15. The Morgan fingerprint density at radius 3 is 1.46 bits per heavy atom. The molecule has 0 saturated heterocycles. The van der Waals surface area contributed by atoms with Crippen LogP contribution in [0.5, 0.6) is 0 Å². The van der Waals surface area contributed by atoms with Gasteiger partial charge in [-0.3, -0.25) is 9.59 Å². The summed E-state index contributed by atoms with van der Waals surface area (Å²) in [4.78, 5) is 25.2. The zero-order chi connectivity index (χ0) is 17.4. The number of nitrogens with zero attached hydrogens (tertiary/aromatic N) is 2. The summed E-state index contributed by atoms with van der Waals surface area (Å²) in [6.07, 6.45) is 8.73. The van der Waals surface area contributed by atoms with Crippen LogP contribution in [-0.4, -0.2) is 9.13 Å². The molecular formula is C20H30N2O2. The van der Waals surface area contributed by atoms with Crippen molar-refractivity contribution in [2.24, 2.45) is 0 Å². The quantitative estimate of drug-likeness (QED) is 0.481. The molecule has 1 heterocycles. The monoisotopic (exact) mass is 330 g/mol. The van der Waals surface area contributed by atoms with Crippen molar-refractivity contribution in [3.8, 4) is 0 Å². The second-order valence-corrected chi connectivity index (χ2v) is 6.52. The first kappa shape index (κ1) is 18.5. The molecule has 1 aromatic carbocycles. The van der Waals surface area contributed by atoms with Gasteiger partial charge in [0.25, 0.3) is 0 Å². The zero-order valence-electron chi connectivity index (χ0n) is 15.1. The molecule has 0 saturated carbocycles. The highest BCUT2D eigenvalue weighted by molar-refractivity contribution is 5.75. The molecule has 0 aliphatic heterocycles. The molecule has 0 aliphatic rings. The molecule has 1 aromatic heterocycles. The molecule has 0 radical (unpaired) electrons. The first-order chi connectivity index (χ1) is 11.7. The fourth-order valence-electron chi connectivity index (χ4n) is 3.21. The highest BCUT2D eigenvalue weighted by atomic mass is 16.2. The van der Waals surface area contributed by atoms with Crippen LogP contribution in [0, 0.1) is 0 Å². The number of rotatable bonds is 10. The standard InChI is InChI=1S/C20H30N2O2/c1-3-5-7-11-15-21-17-13-9-10-14-18(17)22(20(24)19(21)23)16-12-8-6-4-2/h9-10,13-14H,3-8,11-12,15-16H2,1-2H3. The Bertz CT molecular complexity index is 694. The van der Waals surface area contributed by atoms with E-state index in [0.29, 0.717) is 13.1 Å². The van der Waals surface area contributed by atoms with Gasteiger partial charge in [-0.2, -0.15) is 0 Å². The van der Waals surface area contributed by atoms with Crippen molar-refractivity contribution in [3.05, 3.63) is 45.0 Å². The molecule has 2 rings (SSSR count). The van der Waals surface area contributed by atoms with Gasteiger partial charge >= 0.3 is 11.1 Å². The van der Waals surface area contributed by atoms with Crippen molar-refractivity contribution in [1.82, 2.24) is 9.13 Å². The molecule has 24 heavy (non-hydrogen) atoms. The summed E-state index contributed by atoms with van der Waals surface area (Å²) < 4.78 is 3.35. The molecule has 0 fully saturated rings. The Morgan fingerprint density at radius 1 is 0.667 bits per heavy atom. The minimum Gasteiger partial charge on any atom is -0.302 e. The number of aromatic nitrogens is 2. The van der Waals surface area contributed by atoms with Gasteiger partial charge in [0.2, 0.25) is 0 Å². The molecule has 2 aromatic rings. The summed E-state index contributed by atoms with van der Waals surface area (Å²) in [5.74, 6) is 0. The van der Waals surface area contributed by atoms with Crippen molar-refractivity contribution in [2.45, 2.75) is 78.3 Å². The van der Waals surface area contributed by atoms with Gasteiger partial charge < -0.3 is 9.13 Å². The number of hydrogen-bond donors (Lipinski definition) is 0. The van der Waals surface area contributed by atoms with E-state index in [0.717, 1.165) is 49.6 Å². The maximum atomic E-state index is 12.6. The van der Waals surface area contributed by atoms with E-state index < -0.39 is 0 Å². The van der Waals surface area contributed by atoms with Gasteiger partial charge in [-0.15, -0.1) is 0 Å². The zero-order valence-corrected chi connectivity index (χ0v) is 15.1. The van der Waals surface area contributed by atoms with Crippen LogP contribution < -0.4 is 11.1 Å². The summed E-state index contributed by atoms with van der Waals surface area (Å²) in [5.41, 5.74) is 1.02. The second-order valence-electron chi connectivity index (χ2n) is 6.52. The molecule has 0 atom stereocenters. The Balaban J connectivity index is 2.34. The van der Waals surface area contributed by atoms with Gasteiger partial charge in [0.1, 0.15) is 0 Å². The number of hydrogen-bond acceptors (Lipinski definition) is 2. The Morgan fingerprint density at radius 2 is 1.08 bits per heavy atom. The summed E-state index contributed by atoms with van der Waals surface area (Å²) >= 11 is 0. The van der Waals surface area contributed by atoms with Crippen LogP contribution >= 0.6 is 0 Å². The normalized spacial score (nSPS) is 11.2. The van der Waals surface area contributed by atoms with Crippen LogP contribution in [0.1, 0.15) is 65.2 Å². The summed E-state index contributed by atoms with van der Waals surface area (Å²) in [7, 11) is 0. The largest absolute Gasteiger partial charge is 0.316 e. The van der Waals surface area contributed by atoms with Crippen LogP contribution in [-0.2, 0) is 13.1 Å². The second kappa shape index (κ2) is 9.45. The highest BCUT2D eigenvalue weighted by Crippen LogP contribution is 2.13. The van der Waals surface area contributed by atoms with Crippen molar-refractivity contribution in [1.29, 1.82) is 0 Å². The minimum absolute atomic E-state index is 0.374. The fourth-order valence-corrected chi connectivity index (χ4v) is 3.21. The van der Waals surface area contributed by atoms with E-state index in [1.54, 1.807) is 9.13 Å². The van der Waals surface area contributed by atoms with E-state index in [-0.39, 0.29) is 11.1 Å². The third-order valence-electron chi connectivity index (χ3n) is 4.61. The predicted molar refractivity (Wildman–Crippen MR) is 101 cm³/mol. The molecule has 0 unspecified atom stereocenters. The number of fused-ring (bicyclic) bond motifs is 1. The van der Waals surface area contributed by atoms with Gasteiger partial charge in [-0.25, -0.2) is 0 Å². The first-order valence-corrected chi connectivity index (χ1v) is 9.43.